The van der Waals surface area contributed by atoms with Crippen LogP contribution in [0.4, 0.5) is 0 Å². The number of hydrogen-bond donors (Lipinski definition) is 0. The lowest BCUT2D eigenvalue weighted by molar-refractivity contribution is 0.174. The highest BCUT2D eigenvalue weighted by Crippen LogP contribution is 2.63. The fourth-order valence-corrected chi connectivity index (χ4v) is 20.8. The second-order valence-corrected chi connectivity index (χ2v) is 48.0. The summed E-state index contributed by atoms with van der Waals surface area (Å²) in [5.41, 5.74) is 45.8. The van der Waals surface area contributed by atoms with Gasteiger partial charge in [-0.25, -0.2) is 0 Å². The van der Waals surface area contributed by atoms with Gasteiger partial charge in [0.05, 0.1) is 5.41 Å². The first-order chi connectivity index (χ1) is 65.7. The Bertz CT molecular complexity index is 6480. The first-order valence-corrected chi connectivity index (χ1v) is 50.2. The monoisotopic (exact) mass is 1810 g/mol. The van der Waals surface area contributed by atoms with Crippen molar-refractivity contribution < 1.29 is 9.47 Å². The molecule has 0 unspecified atom stereocenters. The molecule has 2 aliphatic rings. The normalized spacial score (nSPS) is 13.4. The van der Waals surface area contributed by atoms with E-state index in [0.717, 1.165) is 178 Å². The molecule has 0 bridgehead atoms. The largest absolute Gasteiger partial charge is 0.454 e. The highest BCUT2D eigenvalue weighted by molar-refractivity contribution is 6.00. The van der Waals surface area contributed by atoms with Gasteiger partial charge in [0.25, 0.3) is 0 Å². The molecule has 696 valence electrons. The molecule has 1 heterocycles. The molecule has 139 heavy (non-hydrogen) atoms. The van der Waals surface area contributed by atoms with Crippen LogP contribution in [-0.4, -0.2) is 6.79 Å². The fourth-order valence-electron chi connectivity index (χ4n) is 20.8. The molecule has 0 atom stereocenters. The van der Waals surface area contributed by atoms with Gasteiger partial charge in [-0.1, -0.05) is 403 Å². The van der Waals surface area contributed by atoms with Crippen LogP contribution in [0.2, 0.25) is 0 Å². The number of ether oxygens (including phenoxy) is 2. The first kappa shape index (κ1) is 94.3. The Labute approximate surface area is 829 Å². The van der Waals surface area contributed by atoms with Gasteiger partial charge in [0.2, 0.25) is 6.79 Å². The van der Waals surface area contributed by atoms with Crippen molar-refractivity contribution in [3.05, 3.63) is 430 Å². The van der Waals surface area contributed by atoms with E-state index in [0.29, 0.717) is 5.75 Å². The zero-order valence-corrected chi connectivity index (χ0v) is 86.6. The Kier molecular flexibility index (Phi) is 24.0. The Morgan fingerprint density at radius 1 is 0.173 bits per heavy atom. The third-order valence-corrected chi connectivity index (χ3v) is 29.6. The number of rotatable bonds is 15. The summed E-state index contributed by atoms with van der Waals surface area (Å²) in [5.74, 6) is 1.43. The topological polar surface area (TPSA) is 18.5 Å². The zero-order valence-electron chi connectivity index (χ0n) is 86.6. The Balaban J connectivity index is 0.994. The maximum Gasteiger partial charge on any atom is 0.231 e. The van der Waals surface area contributed by atoms with Gasteiger partial charge >= 0.3 is 0 Å². The molecule has 0 fully saturated rings. The van der Waals surface area contributed by atoms with Crippen molar-refractivity contribution in [3.63, 3.8) is 0 Å². The van der Waals surface area contributed by atoms with E-state index in [4.69, 9.17) is 9.47 Å². The summed E-state index contributed by atoms with van der Waals surface area (Å²) in [7, 11) is 0. The van der Waals surface area contributed by atoms with Gasteiger partial charge in [-0.05, 0) is 400 Å². The number of benzene rings is 17. The molecule has 17 aromatic rings. The molecular weight excluding hydrogens is 1680 g/mol. The predicted molar refractivity (Wildman–Crippen MR) is 595 cm³/mol. The highest BCUT2D eigenvalue weighted by atomic mass is 16.7. The summed E-state index contributed by atoms with van der Waals surface area (Å²) in [6.45, 7) is 57.8. The minimum atomic E-state index is -1.18. The van der Waals surface area contributed by atoms with Crippen LogP contribution in [0.5, 0.6) is 11.5 Å². The molecule has 0 spiro atoms. The van der Waals surface area contributed by atoms with E-state index in [2.05, 4.69) is 531 Å². The molecule has 0 amide bonds. The van der Waals surface area contributed by atoms with Crippen LogP contribution in [0.25, 0.3) is 156 Å². The maximum atomic E-state index is 6.92. The van der Waals surface area contributed by atoms with Crippen LogP contribution >= 0.6 is 0 Å². The van der Waals surface area contributed by atoms with Crippen molar-refractivity contribution in [1.82, 2.24) is 0 Å². The van der Waals surface area contributed by atoms with E-state index in [1.54, 1.807) is 0 Å². The standard InChI is InChI=1S/C137H136O2/c1-86-29-26-27-30-121(86)122-31-28-32-124-128(122)123-83-126-127(139-85-138-126)84-125(123)137(124,119-79-107(103-69-95(87-33-49-111(50-34-87)129(2,3)4)65-96(70-103)88-35-51-112(52-36-88)130(5,6)7)77-108(80-119)104-71-97(89-37-53-113(54-38-89)131(8,9)10)66-98(72-104)90-39-55-114(56-40-90)132(11,12)13)120-81-109(105-73-99(91-41-57-115(58-42-91)133(14,15)16)67-100(74-105)92-43-59-116(60-44-92)134(17,18)19)78-110(82-120)106-75-101(93-45-61-117(62-46-93)135(20,21)22)68-102(76-106)94-47-63-118(64-48-94)136(23,24)25/h26-84H,85H2,1-25H3. The van der Waals surface area contributed by atoms with Crippen LogP contribution < -0.4 is 9.47 Å². The molecule has 1 aliphatic heterocycles. The van der Waals surface area contributed by atoms with Crippen molar-refractivity contribution in [2.45, 2.75) is 222 Å². The minimum Gasteiger partial charge on any atom is -0.454 e. The van der Waals surface area contributed by atoms with Crippen LogP contribution in [0.15, 0.2) is 358 Å². The number of fused-ring (bicyclic) bond motifs is 4. The summed E-state index contributed by atoms with van der Waals surface area (Å²) in [6.07, 6.45) is 0. The third kappa shape index (κ3) is 19.0. The van der Waals surface area contributed by atoms with Gasteiger partial charge in [-0.2, -0.15) is 0 Å². The molecule has 17 aromatic carbocycles. The van der Waals surface area contributed by atoms with Crippen LogP contribution in [-0.2, 0) is 48.7 Å². The van der Waals surface area contributed by atoms with Crippen molar-refractivity contribution in [1.29, 1.82) is 0 Å². The van der Waals surface area contributed by atoms with Gasteiger partial charge in [-0.3, -0.25) is 0 Å². The van der Waals surface area contributed by atoms with Crippen molar-refractivity contribution >= 4 is 0 Å². The maximum absolute atomic E-state index is 6.92. The molecule has 0 N–H and O–H groups in total. The van der Waals surface area contributed by atoms with Gasteiger partial charge in [-0.15, -0.1) is 0 Å². The van der Waals surface area contributed by atoms with Crippen LogP contribution in [0.3, 0.4) is 0 Å². The van der Waals surface area contributed by atoms with E-state index >= 15 is 0 Å². The molecule has 0 saturated heterocycles. The zero-order chi connectivity index (χ0) is 98.2. The van der Waals surface area contributed by atoms with Gasteiger partial charge in [0.15, 0.2) is 11.5 Å². The van der Waals surface area contributed by atoms with Crippen molar-refractivity contribution in [2.75, 3.05) is 6.79 Å². The fraction of sp³-hybridized carbons (Fsp3) is 0.255. The SMILES string of the molecule is Cc1ccccc1-c1cccc2c1-c1cc3c(cc1C2(c1cc(-c2cc(-c4ccc(C(C)(C)C)cc4)cc(-c4ccc(C(C)(C)C)cc4)c2)cc(-c2cc(-c4ccc(C(C)(C)C)cc4)cc(-c4ccc(C(C)(C)C)cc4)c2)c1)c1cc(-c2cc(-c4ccc(C(C)(C)C)cc4)cc(-c4ccc(C(C)(C)C)cc4)c2)cc(-c2cc(-c4ccc(C(C)(C)C)cc4)cc(-c4ccc(C(C)(C)C)cc4)c2)c1)OCO3. The lowest BCUT2D eigenvalue weighted by atomic mass is 9.65. The Hall–Kier alpha value is -13.7. The van der Waals surface area contributed by atoms with E-state index in [-0.39, 0.29) is 50.1 Å². The molecule has 2 nitrogen and oxygen atoms in total. The van der Waals surface area contributed by atoms with Crippen LogP contribution in [0.1, 0.15) is 238 Å². The second-order valence-electron chi connectivity index (χ2n) is 48.0. The molecule has 0 aromatic heterocycles. The molecule has 0 saturated carbocycles. The molecular formula is C137H136O2. The molecule has 0 radical (unpaired) electrons. The van der Waals surface area contributed by atoms with Crippen molar-refractivity contribution in [2.24, 2.45) is 0 Å². The smallest absolute Gasteiger partial charge is 0.231 e. The summed E-state index contributed by atoms with van der Waals surface area (Å²) >= 11 is 0. The van der Waals surface area contributed by atoms with Gasteiger partial charge < -0.3 is 9.47 Å². The summed E-state index contributed by atoms with van der Waals surface area (Å²) in [4.78, 5) is 0. The Morgan fingerprint density at radius 2 is 0.367 bits per heavy atom. The lowest BCUT2D eigenvalue weighted by Crippen LogP contribution is -2.29. The lowest BCUT2D eigenvalue weighted by Gasteiger charge is -2.36. The Morgan fingerprint density at radius 3 is 0.583 bits per heavy atom. The summed E-state index contributed by atoms with van der Waals surface area (Å²) < 4.78 is 13.7. The minimum absolute atomic E-state index is 0.0522. The van der Waals surface area contributed by atoms with E-state index < -0.39 is 5.41 Å². The molecule has 2 heteroatoms. The van der Waals surface area contributed by atoms with Crippen LogP contribution in [0, 0.1) is 6.92 Å². The summed E-state index contributed by atoms with van der Waals surface area (Å²) in [5, 5.41) is 0. The number of hydrogen-bond acceptors (Lipinski definition) is 2. The predicted octanol–water partition coefficient (Wildman–Crippen LogP) is 38.1. The summed E-state index contributed by atoms with van der Waals surface area (Å²) in [6, 6.07) is 141. The quantitative estimate of drug-likeness (QED) is 0.102. The van der Waals surface area contributed by atoms with Gasteiger partial charge in [0, 0.05) is 0 Å². The van der Waals surface area contributed by atoms with E-state index in [1.807, 2.05) is 0 Å². The first-order valence-electron chi connectivity index (χ1n) is 50.2. The van der Waals surface area contributed by atoms with Gasteiger partial charge in [0.1, 0.15) is 0 Å². The average molecular weight is 1810 g/mol. The molecule has 1 aliphatic carbocycles. The van der Waals surface area contributed by atoms with E-state index in [1.165, 1.54) is 55.6 Å². The average Bonchev–Trinajstić information content (AvgIpc) is 1.52. The highest BCUT2D eigenvalue weighted by Gasteiger charge is 2.50. The molecule has 19 rings (SSSR count). The third-order valence-electron chi connectivity index (χ3n) is 29.6. The number of aryl methyl sites for hydroxylation is 1. The second kappa shape index (κ2) is 35.3. The van der Waals surface area contributed by atoms with E-state index in [9.17, 15) is 0 Å². The van der Waals surface area contributed by atoms with Crippen molar-refractivity contribution in [3.8, 4) is 167 Å².